The van der Waals surface area contributed by atoms with Gasteiger partial charge in [-0.15, -0.1) is 21.5 Å². The molecule has 0 saturated heterocycles. The van der Waals surface area contributed by atoms with Gasteiger partial charge in [0.25, 0.3) is 0 Å². The molecule has 0 aliphatic carbocycles. The van der Waals surface area contributed by atoms with Crippen molar-refractivity contribution in [2.45, 2.75) is 39.8 Å². The molecule has 3 heterocycles. The van der Waals surface area contributed by atoms with Gasteiger partial charge in [-0.2, -0.15) is 0 Å². The molecule has 0 unspecified atom stereocenters. The number of Topliss-reactive ketones (excluding diaryl/α,β-unsaturated/α-hetero) is 1. The van der Waals surface area contributed by atoms with Gasteiger partial charge in [0.05, 0.1) is 23.9 Å². The minimum Gasteiger partial charge on any atom is -0.333 e. The first-order chi connectivity index (χ1) is 10.5. The number of fused-ring (bicyclic) bond motifs is 1. The van der Waals surface area contributed by atoms with E-state index < -0.39 is 0 Å². The number of nitrogens with zero attached hydrogens (tertiary/aromatic N) is 4. The molecule has 1 aliphatic heterocycles. The van der Waals surface area contributed by atoms with E-state index in [0.717, 1.165) is 17.2 Å². The molecule has 3 rings (SSSR count). The molecule has 1 aliphatic rings. The molecule has 0 radical (unpaired) electrons. The van der Waals surface area contributed by atoms with E-state index >= 15 is 0 Å². The summed E-state index contributed by atoms with van der Waals surface area (Å²) >= 11 is 1.39. The van der Waals surface area contributed by atoms with Crippen molar-refractivity contribution in [3.63, 3.8) is 0 Å². The molecule has 116 valence electrons. The van der Waals surface area contributed by atoms with E-state index in [1.165, 1.54) is 11.3 Å². The first kappa shape index (κ1) is 14.9. The van der Waals surface area contributed by atoms with Crippen LogP contribution in [0.2, 0.25) is 0 Å². The predicted molar refractivity (Wildman–Crippen MR) is 82.9 cm³/mol. The van der Waals surface area contributed by atoms with E-state index in [1.54, 1.807) is 6.92 Å². The van der Waals surface area contributed by atoms with Gasteiger partial charge in [0.1, 0.15) is 5.82 Å². The second-order valence-electron chi connectivity index (χ2n) is 5.71. The van der Waals surface area contributed by atoms with Crippen molar-refractivity contribution in [3.8, 4) is 0 Å². The van der Waals surface area contributed by atoms with Crippen LogP contribution in [0, 0.1) is 6.92 Å². The van der Waals surface area contributed by atoms with E-state index in [1.807, 2.05) is 23.3 Å². The Hall–Kier alpha value is -2.02. The van der Waals surface area contributed by atoms with Crippen molar-refractivity contribution in [2.75, 3.05) is 6.54 Å². The Morgan fingerprint density at radius 3 is 2.86 bits per heavy atom. The van der Waals surface area contributed by atoms with Crippen molar-refractivity contribution in [1.82, 2.24) is 19.7 Å². The highest BCUT2D eigenvalue weighted by Crippen LogP contribution is 2.22. The van der Waals surface area contributed by atoms with E-state index in [2.05, 4.69) is 21.7 Å². The van der Waals surface area contributed by atoms with Crippen LogP contribution in [-0.4, -0.2) is 37.9 Å². The summed E-state index contributed by atoms with van der Waals surface area (Å²) in [5.41, 5.74) is 0.899. The highest BCUT2D eigenvalue weighted by atomic mass is 32.1. The number of amides is 1. The van der Waals surface area contributed by atoms with Gasteiger partial charge >= 0.3 is 0 Å². The van der Waals surface area contributed by atoms with Gasteiger partial charge in [0, 0.05) is 6.54 Å². The van der Waals surface area contributed by atoms with Gasteiger partial charge in [-0.05, 0) is 37.8 Å². The Labute approximate surface area is 132 Å². The standard InChI is InChI=1S/C15H18N4O2S/c1-9-6-18(7-14-17-16-11(3)19(9)14)15(21)5-12-4-13(10(2)20)22-8-12/h4,8-9H,5-7H2,1-3H3/t9-/m0/s1. The van der Waals surface area contributed by atoms with E-state index in [4.69, 9.17) is 0 Å². The van der Waals surface area contributed by atoms with Crippen LogP contribution in [0.1, 0.15) is 46.8 Å². The average molecular weight is 318 g/mol. The fourth-order valence-electron chi connectivity index (χ4n) is 2.86. The number of rotatable bonds is 3. The van der Waals surface area contributed by atoms with Crippen molar-refractivity contribution >= 4 is 23.0 Å². The van der Waals surface area contributed by atoms with Gasteiger partial charge in [-0.3, -0.25) is 9.59 Å². The maximum Gasteiger partial charge on any atom is 0.227 e. The third-order valence-electron chi connectivity index (χ3n) is 3.90. The molecular formula is C15H18N4O2S. The first-order valence-corrected chi connectivity index (χ1v) is 8.10. The van der Waals surface area contributed by atoms with E-state index in [9.17, 15) is 9.59 Å². The third kappa shape index (κ3) is 2.68. The summed E-state index contributed by atoms with van der Waals surface area (Å²) in [6, 6.07) is 1.99. The van der Waals surface area contributed by atoms with Crippen molar-refractivity contribution < 1.29 is 9.59 Å². The predicted octanol–water partition coefficient (Wildman–Crippen LogP) is 2.00. The second-order valence-corrected chi connectivity index (χ2v) is 6.62. The number of hydrogen-bond acceptors (Lipinski definition) is 5. The summed E-state index contributed by atoms with van der Waals surface area (Å²) in [4.78, 5) is 26.3. The van der Waals surface area contributed by atoms with Gasteiger partial charge < -0.3 is 9.47 Å². The summed E-state index contributed by atoms with van der Waals surface area (Å²) in [6.45, 7) is 6.69. The zero-order valence-electron chi connectivity index (χ0n) is 12.9. The maximum atomic E-state index is 12.5. The monoisotopic (exact) mass is 318 g/mol. The van der Waals surface area contributed by atoms with E-state index in [0.29, 0.717) is 24.4 Å². The zero-order chi connectivity index (χ0) is 15.9. The molecule has 0 aromatic carbocycles. The fourth-order valence-corrected chi connectivity index (χ4v) is 3.67. The molecule has 6 nitrogen and oxygen atoms in total. The first-order valence-electron chi connectivity index (χ1n) is 7.22. The topological polar surface area (TPSA) is 68.1 Å². The van der Waals surface area contributed by atoms with Crippen molar-refractivity contribution in [3.05, 3.63) is 33.5 Å². The normalized spacial score (nSPS) is 17.4. The average Bonchev–Trinajstić information content (AvgIpc) is 3.06. The minimum absolute atomic E-state index is 0.0406. The molecule has 1 amide bonds. The van der Waals surface area contributed by atoms with Crippen LogP contribution in [0.4, 0.5) is 0 Å². The van der Waals surface area contributed by atoms with Crippen LogP contribution >= 0.6 is 11.3 Å². The highest BCUT2D eigenvalue weighted by Gasteiger charge is 2.28. The molecule has 7 heteroatoms. The lowest BCUT2D eigenvalue weighted by Gasteiger charge is -2.32. The Kier molecular flexibility index (Phi) is 3.82. The molecule has 0 fully saturated rings. The quantitative estimate of drug-likeness (QED) is 0.812. The summed E-state index contributed by atoms with van der Waals surface area (Å²) < 4.78 is 2.09. The molecule has 2 aromatic rings. The molecule has 2 aromatic heterocycles. The Morgan fingerprint density at radius 2 is 2.18 bits per heavy atom. The maximum absolute atomic E-state index is 12.5. The molecular weight excluding hydrogens is 300 g/mol. The Balaban J connectivity index is 1.72. The molecule has 1 atom stereocenters. The summed E-state index contributed by atoms with van der Waals surface area (Å²) in [5.74, 6) is 1.82. The second kappa shape index (κ2) is 5.64. The lowest BCUT2D eigenvalue weighted by atomic mass is 10.1. The van der Waals surface area contributed by atoms with Crippen LogP contribution in [-0.2, 0) is 17.8 Å². The largest absolute Gasteiger partial charge is 0.333 e. The Morgan fingerprint density at radius 1 is 1.41 bits per heavy atom. The molecule has 0 bridgehead atoms. The number of aromatic nitrogens is 3. The van der Waals surface area contributed by atoms with Gasteiger partial charge in [0.15, 0.2) is 11.6 Å². The minimum atomic E-state index is 0.0406. The van der Waals surface area contributed by atoms with Gasteiger partial charge in [-0.1, -0.05) is 0 Å². The third-order valence-corrected chi connectivity index (χ3v) is 4.98. The van der Waals surface area contributed by atoms with Crippen LogP contribution < -0.4 is 0 Å². The van der Waals surface area contributed by atoms with Crippen LogP contribution in [0.5, 0.6) is 0 Å². The Bertz CT molecular complexity index is 734. The van der Waals surface area contributed by atoms with Gasteiger partial charge in [-0.25, -0.2) is 0 Å². The number of carbonyl (C=O) groups excluding carboxylic acids is 2. The lowest BCUT2D eigenvalue weighted by molar-refractivity contribution is -0.132. The summed E-state index contributed by atoms with van der Waals surface area (Å²) in [5, 5.41) is 10.1. The smallest absolute Gasteiger partial charge is 0.227 e. The zero-order valence-corrected chi connectivity index (χ0v) is 13.7. The fraction of sp³-hybridized carbons (Fsp3) is 0.467. The van der Waals surface area contributed by atoms with E-state index in [-0.39, 0.29) is 17.7 Å². The van der Waals surface area contributed by atoms with Crippen molar-refractivity contribution in [1.29, 1.82) is 0 Å². The SMILES string of the molecule is CC(=O)c1cc(CC(=O)N2Cc3nnc(C)n3[C@@H](C)C2)cs1. The molecule has 22 heavy (non-hydrogen) atoms. The van der Waals surface area contributed by atoms with Crippen LogP contribution in [0.15, 0.2) is 11.4 Å². The lowest BCUT2D eigenvalue weighted by Crippen LogP contribution is -2.41. The molecule has 0 saturated carbocycles. The number of carbonyl (C=O) groups is 2. The van der Waals surface area contributed by atoms with Gasteiger partial charge in [0.2, 0.25) is 5.91 Å². The van der Waals surface area contributed by atoms with Crippen LogP contribution in [0.3, 0.4) is 0 Å². The number of thiophene rings is 1. The number of hydrogen-bond donors (Lipinski definition) is 0. The highest BCUT2D eigenvalue weighted by molar-refractivity contribution is 7.12. The molecule has 0 N–H and O–H groups in total. The number of ketones is 1. The number of aryl methyl sites for hydroxylation is 1. The van der Waals surface area contributed by atoms with Crippen molar-refractivity contribution in [2.24, 2.45) is 0 Å². The summed E-state index contributed by atoms with van der Waals surface area (Å²) in [7, 11) is 0. The molecule has 0 spiro atoms. The van der Waals surface area contributed by atoms with Crippen LogP contribution in [0.25, 0.3) is 0 Å². The summed E-state index contributed by atoms with van der Waals surface area (Å²) in [6.07, 6.45) is 0.323.